The van der Waals surface area contributed by atoms with Gasteiger partial charge < -0.3 is 5.11 Å². The maximum Gasteiger partial charge on any atom is 0.278 e. The topological polar surface area (TPSA) is 68.0 Å². The average Bonchev–Trinajstić information content (AvgIpc) is 2.67. The highest BCUT2D eigenvalue weighted by atomic mass is 16.3. The molecular formula is C21H23N3O2. The van der Waals surface area contributed by atoms with Crippen molar-refractivity contribution < 1.29 is 5.11 Å². The molecule has 1 aromatic carbocycles. The Morgan fingerprint density at radius 2 is 1.58 bits per heavy atom. The third kappa shape index (κ3) is 3.01. The fourth-order valence-corrected chi connectivity index (χ4v) is 3.34. The molecule has 2 aromatic heterocycles. The Morgan fingerprint density at radius 3 is 2.12 bits per heavy atom. The van der Waals surface area contributed by atoms with Gasteiger partial charge in [0.1, 0.15) is 5.69 Å². The summed E-state index contributed by atoms with van der Waals surface area (Å²) in [5.74, 6) is -0.0332. The Bertz CT molecular complexity index is 983. The van der Waals surface area contributed by atoms with E-state index in [1.165, 1.54) is 4.68 Å². The molecule has 0 aliphatic carbocycles. The van der Waals surface area contributed by atoms with Gasteiger partial charge in [-0.05, 0) is 59.7 Å². The molecule has 5 heteroatoms. The summed E-state index contributed by atoms with van der Waals surface area (Å²) in [5.41, 5.74) is 5.58. The maximum absolute atomic E-state index is 12.8. The second-order valence-electron chi connectivity index (χ2n) is 6.35. The van der Waals surface area contributed by atoms with Crippen molar-refractivity contribution in [1.82, 2.24) is 14.8 Å². The molecule has 0 unspecified atom stereocenters. The average molecular weight is 349 g/mol. The first-order valence-electron chi connectivity index (χ1n) is 8.81. The van der Waals surface area contributed by atoms with Crippen molar-refractivity contribution in [3.8, 4) is 28.0 Å². The lowest BCUT2D eigenvalue weighted by molar-refractivity contribution is 0.460. The summed E-state index contributed by atoms with van der Waals surface area (Å²) in [6, 6.07) is 8.14. The summed E-state index contributed by atoms with van der Waals surface area (Å²) in [7, 11) is 1.61. The van der Waals surface area contributed by atoms with Gasteiger partial charge in [-0.3, -0.25) is 9.78 Å². The largest absolute Gasteiger partial charge is 0.505 e. The van der Waals surface area contributed by atoms with Gasteiger partial charge in [0.2, 0.25) is 0 Å². The van der Waals surface area contributed by atoms with Crippen LogP contribution >= 0.6 is 0 Å². The van der Waals surface area contributed by atoms with Gasteiger partial charge in [0.15, 0.2) is 5.75 Å². The molecule has 0 fully saturated rings. The summed E-state index contributed by atoms with van der Waals surface area (Å²) in [4.78, 5) is 16.8. The minimum atomic E-state index is -0.283. The number of rotatable bonds is 4. The van der Waals surface area contributed by atoms with Gasteiger partial charge in [-0.25, -0.2) is 4.68 Å². The molecule has 5 nitrogen and oxygen atoms in total. The van der Waals surface area contributed by atoms with E-state index in [2.05, 4.69) is 36.1 Å². The molecule has 3 rings (SSSR count). The number of benzene rings is 1. The number of nitrogens with zero attached hydrogens (tertiary/aromatic N) is 3. The van der Waals surface area contributed by atoms with Crippen molar-refractivity contribution in [2.75, 3.05) is 0 Å². The van der Waals surface area contributed by atoms with Crippen molar-refractivity contribution in [2.24, 2.45) is 7.05 Å². The van der Waals surface area contributed by atoms with Crippen LogP contribution in [0.2, 0.25) is 0 Å². The van der Waals surface area contributed by atoms with Gasteiger partial charge in [0.25, 0.3) is 5.56 Å². The third-order valence-corrected chi connectivity index (χ3v) is 4.71. The summed E-state index contributed by atoms with van der Waals surface area (Å²) < 4.78 is 1.29. The Hall–Kier alpha value is -2.95. The number of aromatic hydroxyl groups is 1. The van der Waals surface area contributed by atoms with Gasteiger partial charge in [0.05, 0.1) is 5.56 Å². The minimum Gasteiger partial charge on any atom is -0.505 e. The highest BCUT2D eigenvalue weighted by Crippen LogP contribution is 2.36. The van der Waals surface area contributed by atoms with E-state index in [0.717, 1.165) is 40.7 Å². The minimum absolute atomic E-state index is 0.0332. The highest BCUT2D eigenvalue weighted by Gasteiger charge is 2.21. The monoisotopic (exact) mass is 349 g/mol. The van der Waals surface area contributed by atoms with Crippen LogP contribution in [0, 0.1) is 6.92 Å². The molecular weight excluding hydrogens is 326 g/mol. The molecule has 0 aliphatic heterocycles. The molecule has 26 heavy (non-hydrogen) atoms. The molecule has 0 amide bonds. The molecule has 0 bridgehead atoms. The maximum atomic E-state index is 12.8. The van der Waals surface area contributed by atoms with E-state index >= 15 is 0 Å². The first-order valence-corrected chi connectivity index (χ1v) is 8.81. The summed E-state index contributed by atoms with van der Waals surface area (Å²) in [5, 5.41) is 14.7. The molecule has 0 atom stereocenters. The van der Waals surface area contributed by atoms with Crippen LogP contribution in [0.15, 0.2) is 41.5 Å². The van der Waals surface area contributed by atoms with E-state index in [4.69, 9.17) is 0 Å². The smallest absolute Gasteiger partial charge is 0.278 e. The Kier molecular flexibility index (Phi) is 4.89. The number of hydrogen-bond acceptors (Lipinski definition) is 4. The zero-order valence-corrected chi connectivity index (χ0v) is 15.6. The molecule has 1 N–H and O–H groups in total. The van der Waals surface area contributed by atoms with Crippen LogP contribution in [0.5, 0.6) is 5.75 Å². The van der Waals surface area contributed by atoms with Crippen molar-refractivity contribution in [1.29, 1.82) is 0 Å². The van der Waals surface area contributed by atoms with Gasteiger partial charge in [0, 0.05) is 19.4 Å². The molecule has 0 radical (unpaired) electrons. The van der Waals surface area contributed by atoms with E-state index in [1.807, 2.05) is 12.1 Å². The lowest BCUT2D eigenvalue weighted by atomic mass is 9.88. The fraction of sp³-hybridized carbons (Fsp3) is 0.286. The lowest BCUT2D eigenvalue weighted by Crippen LogP contribution is -2.23. The number of aryl methyl sites for hydroxylation is 4. The summed E-state index contributed by atoms with van der Waals surface area (Å²) >= 11 is 0. The van der Waals surface area contributed by atoms with Crippen molar-refractivity contribution in [3.63, 3.8) is 0 Å². The van der Waals surface area contributed by atoms with Crippen LogP contribution in [-0.2, 0) is 19.9 Å². The summed E-state index contributed by atoms with van der Waals surface area (Å²) in [6.45, 7) is 5.83. The second kappa shape index (κ2) is 7.12. The van der Waals surface area contributed by atoms with Crippen molar-refractivity contribution >= 4 is 0 Å². The second-order valence-corrected chi connectivity index (χ2v) is 6.35. The first-order chi connectivity index (χ1) is 12.5. The first kappa shape index (κ1) is 17.9. The predicted molar refractivity (Wildman–Crippen MR) is 103 cm³/mol. The molecule has 0 spiro atoms. The molecule has 2 heterocycles. The summed E-state index contributed by atoms with van der Waals surface area (Å²) in [6.07, 6.45) is 5.05. The van der Waals surface area contributed by atoms with Gasteiger partial charge in [-0.15, -0.1) is 0 Å². The van der Waals surface area contributed by atoms with E-state index in [1.54, 1.807) is 26.4 Å². The lowest BCUT2D eigenvalue weighted by Gasteiger charge is -2.18. The third-order valence-electron chi connectivity index (χ3n) is 4.71. The number of aromatic nitrogens is 3. The molecule has 0 aliphatic rings. The van der Waals surface area contributed by atoms with Gasteiger partial charge >= 0.3 is 0 Å². The zero-order chi connectivity index (χ0) is 18.8. The van der Waals surface area contributed by atoms with Crippen LogP contribution in [0.4, 0.5) is 0 Å². The van der Waals surface area contributed by atoms with Crippen LogP contribution in [0.3, 0.4) is 0 Å². The molecule has 134 valence electrons. The molecule has 0 saturated heterocycles. The normalized spacial score (nSPS) is 10.9. The van der Waals surface area contributed by atoms with E-state index in [-0.39, 0.29) is 11.3 Å². The van der Waals surface area contributed by atoms with Crippen LogP contribution in [0.1, 0.15) is 30.7 Å². The Morgan fingerprint density at radius 1 is 1.00 bits per heavy atom. The zero-order valence-electron chi connectivity index (χ0n) is 15.6. The molecule has 0 saturated carbocycles. The van der Waals surface area contributed by atoms with Crippen molar-refractivity contribution in [3.05, 3.63) is 63.8 Å². The van der Waals surface area contributed by atoms with Crippen LogP contribution in [-0.4, -0.2) is 19.9 Å². The molecule has 3 aromatic rings. The standard InChI is InChI=1S/C21H23N3O2/c1-5-14-11-17(16-7-9-22-10-8-16)12-15(6-2)18(14)19-20(25)13(3)23-24(4)21(19)26/h7-12,25H,5-6H2,1-4H3. The van der Waals surface area contributed by atoms with E-state index in [9.17, 15) is 9.90 Å². The SMILES string of the molecule is CCc1cc(-c2ccncc2)cc(CC)c1-c1c(O)c(C)nn(C)c1=O. The number of hydrogen-bond donors (Lipinski definition) is 1. The van der Waals surface area contributed by atoms with Crippen LogP contribution < -0.4 is 5.56 Å². The predicted octanol–water partition coefficient (Wildman–Crippen LogP) is 3.65. The Balaban J connectivity index is 2.35. The Labute approximate surface area is 153 Å². The van der Waals surface area contributed by atoms with Gasteiger partial charge in [-0.1, -0.05) is 26.0 Å². The van der Waals surface area contributed by atoms with E-state index in [0.29, 0.717) is 11.3 Å². The fourth-order valence-electron chi connectivity index (χ4n) is 3.34. The van der Waals surface area contributed by atoms with E-state index < -0.39 is 0 Å². The highest BCUT2D eigenvalue weighted by molar-refractivity contribution is 5.80. The van der Waals surface area contributed by atoms with Gasteiger partial charge in [-0.2, -0.15) is 5.10 Å². The number of pyridine rings is 1. The quantitative estimate of drug-likeness (QED) is 0.781. The van der Waals surface area contributed by atoms with Crippen molar-refractivity contribution in [2.45, 2.75) is 33.6 Å². The van der Waals surface area contributed by atoms with Crippen LogP contribution in [0.25, 0.3) is 22.3 Å².